The van der Waals surface area contributed by atoms with E-state index in [0.29, 0.717) is 6.54 Å². The Bertz CT molecular complexity index is 618. The summed E-state index contributed by atoms with van der Waals surface area (Å²) in [5.74, 6) is -0.888. The number of sulfonamides is 1. The number of nitrogens with two attached hydrogens (primary N) is 1. The molecule has 0 saturated carbocycles. The van der Waals surface area contributed by atoms with Crippen LogP contribution in [0, 0.1) is 5.82 Å². The van der Waals surface area contributed by atoms with Gasteiger partial charge in [0.05, 0.1) is 12.2 Å². The molecule has 1 aliphatic rings. The van der Waals surface area contributed by atoms with Crippen molar-refractivity contribution in [3.63, 3.8) is 0 Å². The first-order chi connectivity index (χ1) is 8.82. The highest BCUT2D eigenvalue weighted by molar-refractivity contribution is 7.89. The number of nitrogen functional groups attached to an aromatic ring is 1. The molecule has 1 aromatic rings. The molecule has 1 aromatic carbocycles. The maximum absolute atomic E-state index is 12.9. The Labute approximate surface area is 110 Å². The monoisotopic (exact) mass is 287 g/mol. The zero-order valence-corrected chi connectivity index (χ0v) is 11.2. The van der Waals surface area contributed by atoms with Crippen LogP contribution in [-0.4, -0.2) is 50.2 Å². The molecule has 2 N–H and O–H groups in total. The van der Waals surface area contributed by atoms with Gasteiger partial charge in [-0.05, 0) is 18.2 Å². The van der Waals surface area contributed by atoms with Crippen LogP contribution in [-0.2, 0) is 14.8 Å². The van der Waals surface area contributed by atoms with E-state index in [4.69, 9.17) is 5.73 Å². The summed E-state index contributed by atoms with van der Waals surface area (Å²) >= 11 is 0. The van der Waals surface area contributed by atoms with Crippen LogP contribution in [0.15, 0.2) is 23.1 Å². The minimum Gasteiger partial charge on any atom is -0.398 e. The van der Waals surface area contributed by atoms with Crippen molar-refractivity contribution in [1.82, 2.24) is 9.21 Å². The molecule has 8 heteroatoms. The van der Waals surface area contributed by atoms with Gasteiger partial charge in [-0.1, -0.05) is 0 Å². The lowest BCUT2D eigenvalue weighted by Crippen LogP contribution is -2.50. The number of nitrogens with zero attached hydrogens (tertiary/aromatic N) is 2. The minimum atomic E-state index is -3.87. The summed E-state index contributed by atoms with van der Waals surface area (Å²) in [7, 11) is -2.26. The van der Waals surface area contributed by atoms with Gasteiger partial charge in [-0.2, -0.15) is 4.31 Å². The van der Waals surface area contributed by atoms with Gasteiger partial charge in [0.1, 0.15) is 10.7 Å². The van der Waals surface area contributed by atoms with Crippen LogP contribution < -0.4 is 5.73 Å². The number of amides is 1. The number of carbonyl (C=O) groups excluding carboxylic acids is 1. The second-order valence-electron chi connectivity index (χ2n) is 4.34. The van der Waals surface area contributed by atoms with E-state index in [-0.39, 0.29) is 29.6 Å². The van der Waals surface area contributed by atoms with E-state index >= 15 is 0 Å². The third kappa shape index (κ3) is 2.54. The summed E-state index contributed by atoms with van der Waals surface area (Å²) in [5, 5.41) is 0. The quantitative estimate of drug-likeness (QED) is 0.768. The van der Waals surface area contributed by atoms with Crippen LogP contribution in [0.4, 0.5) is 10.1 Å². The summed E-state index contributed by atoms with van der Waals surface area (Å²) < 4.78 is 38.6. The van der Waals surface area contributed by atoms with E-state index in [2.05, 4.69) is 0 Å². The van der Waals surface area contributed by atoms with Gasteiger partial charge in [0.15, 0.2) is 0 Å². The predicted octanol–water partition coefficient (Wildman–Crippen LogP) is -0.129. The van der Waals surface area contributed by atoms with Crippen molar-refractivity contribution >= 4 is 21.6 Å². The molecule has 0 unspecified atom stereocenters. The Hall–Kier alpha value is -1.67. The third-order valence-corrected chi connectivity index (χ3v) is 4.93. The highest BCUT2D eigenvalue weighted by Gasteiger charge is 2.32. The molecule has 1 saturated heterocycles. The number of piperazine rings is 1. The summed E-state index contributed by atoms with van der Waals surface area (Å²) in [6, 6.07) is 3.09. The lowest BCUT2D eigenvalue weighted by Gasteiger charge is -2.31. The standard InChI is InChI=1S/C11H14FN3O3S/c1-14-4-5-15(7-11(14)16)19(17,18)10-3-2-8(12)6-9(10)13/h2-3,6H,4-5,7,13H2,1H3. The molecule has 1 heterocycles. The fraction of sp³-hybridized carbons (Fsp3) is 0.364. The second kappa shape index (κ2) is 4.78. The number of hydrogen-bond acceptors (Lipinski definition) is 4. The van der Waals surface area contributed by atoms with Crippen LogP contribution >= 0.6 is 0 Å². The number of rotatable bonds is 2. The van der Waals surface area contributed by atoms with Gasteiger partial charge < -0.3 is 10.6 Å². The Kier molecular flexibility index (Phi) is 3.46. The zero-order chi connectivity index (χ0) is 14.2. The van der Waals surface area contributed by atoms with Crippen LogP contribution in [0.1, 0.15) is 0 Å². The fourth-order valence-corrected chi connectivity index (χ4v) is 3.31. The lowest BCUT2D eigenvalue weighted by molar-refractivity contribution is -0.132. The Morgan fingerprint density at radius 3 is 2.58 bits per heavy atom. The van der Waals surface area contributed by atoms with E-state index < -0.39 is 15.8 Å². The van der Waals surface area contributed by atoms with Crippen molar-refractivity contribution in [1.29, 1.82) is 0 Å². The molecular weight excluding hydrogens is 273 g/mol. The first-order valence-electron chi connectivity index (χ1n) is 5.61. The molecule has 6 nitrogen and oxygen atoms in total. The van der Waals surface area contributed by atoms with Crippen molar-refractivity contribution in [2.75, 3.05) is 32.4 Å². The molecule has 2 rings (SSSR count). The van der Waals surface area contributed by atoms with E-state index in [0.717, 1.165) is 22.5 Å². The number of likely N-dealkylation sites (N-methyl/N-ethyl adjacent to an activating group) is 1. The van der Waals surface area contributed by atoms with Crippen LogP contribution in [0.3, 0.4) is 0 Å². The van der Waals surface area contributed by atoms with E-state index in [1.54, 1.807) is 7.05 Å². The number of carbonyl (C=O) groups is 1. The van der Waals surface area contributed by atoms with E-state index in [1.807, 2.05) is 0 Å². The topological polar surface area (TPSA) is 83.7 Å². The molecule has 0 aliphatic carbocycles. The third-order valence-electron chi connectivity index (χ3n) is 3.01. The Morgan fingerprint density at radius 2 is 2.00 bits per heavy atom. The van der Waals surface area contributed by atoms with Gasteiger partial charge >= 0.3 is 0 Å². The van der Waals surface area contributed by atoms with Crippen molar-refractivity contribution in [2.24, 2.45) is 0 Å². The van der Waals surface area contributed by atoms with E-state index in [9.17, 15) is 17.6 Å². The van der Waals surface area contributed by atoms with Gasteiger partial charge in [0.2, 0.25) is 15.9 Å². The summed E-state index contributed by atoms with van der Waals surface area (Å²) in [6.45, 7) is 0.288. The fourth-order valence-electron chi connectivity index (χ4n) is 1.84. The molecule has 0 radical (unpaired) electrons. The maximum atomic E-state index is 12.9. The van der Waals surface area contributed by atoms with Gasteiger partial charge in [-0.25, -0.2) is 12.8 Å². The second-order valence-corrected chi connectivity index (χ2v) is 6.24. The molecule has 19 heavy (non-hydrogen) atoms. The first-order valence-corrected chi connectivity index (χ1v) is 7.05. The van der Waals surface area contributed by atoms with Crippen LogP contribution in [0.2, 0.25) is 0 Å². The predicted molar refractivity (Wildman–Crippen MR) is 67.2 cm³/mol. The zero-order valence-electron chi connectivity index (χ0n) is 10.3. The maximum Gasteiger partial charge on any atom is 0.245 e. The Morgan fingerprint density at radius 1 is 1.32 bits per heavy atom. The lowest BCUT2D eigenvalue weighted by atomic mass is 10.3. The average molecular weight is 287 g/mol. The molecule has 0 aromatic heterocycles. The Balaban J connectivity index is 2.35. The number of anilines is 1. The minimum absolute atomic E-state index is 0.161. The highest BCUT2D eigenvalue weighted by Crippen LogP contribution is 2.24. The summed E-state index contributed by atoms with van der Waals surface area (Å²) in [6.07, 6.45) is 0. The molecule has 0 spiro atoms. The summed E-state index contributed by atoms with van der Waals surface area (Å²) in [5.41, 5.74) is 5.37. The molecule has 1 aliphatic heterocycles. The SMILES string of the molecule is CN1CCN(S(=O)(=O)c2ccc(F)cc2N)CC1=O. The van der Waals surface area contributed by atoms with Gasteiger partial charge in [-0.15, -0.1) is 0 Å². The molecule has 0 bridgehead atoms. The van der Waals surface area contributed by atoms with Crippen molar-refractivity contribution in [2.45, 2.75) is 4.90 Å². The van der Waals surface area contributed by atoms with Gasteiger partial charge in [0, 0.05) is 20.1 Å². The van der Waals surface area contributed by atoms with Gasteiger partial charge in [-0.3, -0.25) is 4.79 Å². The smallest absolute Gasteiger partial charge is 0.245 e. The van der Waals surface area contributed by atoms with Crippen LogP contribution in [0.25, 0.3) is 0 Å². The molecule has 1 fully saturated rings. The molecule has 1 amide bonds. The average Bonchev–Trinajstić information content (AvgIpc) is 2.32. The largest absolute Gasteiger partial charge is 0.398 e. The normalized spacial score (nSPS) is 17.8. The first kappa shape index (κ1) is 13.8. The van der Waals surface area contributed by atoms with Crippen molar-refractivity contribution < 1.29 is 17.6 Å². The van der Waals surface area contributed by atoms with E-state index in [1.165, 1.54) is 4.90 Å². The molecular formula is C11H14FN3O3S. The van der Waals surface area contributed by atoms with Crippen molar-refractivity contribution in [3.8, 4) is 0 Å². The van der Waals surface area contributed by atoms with Crippen LogP contribution in [0.5, 0.6) is 0 Å². The number of hydrogen-bond donors (Lipinski definition) is 1. The highest BCUT2D eigenvalue weighted by atomic mass is 32.2. The molecule has 104 valence electrons. The number of benzene rings is 1. The van der Waals surface area contributed by atoms with Crippen molar-refractivity contribution in [3.05, 3.63) is 24.0 Å². The number of halogens is 1. The molecule has 0 atom stereocenters. The van der Waals surface area contributed by atoms with Gasteiger partial charge in [0.25, 0.3) is 0 Å². The summed E-state index contributed by atoms with van der Waals surface area (Å²) in [4.78, 5) is 12.8.